The van der Waals surface area contributed by atoms with Gasteiger partial charge in [-0.15, -0.1) is 0 Å². The number of ether oxygens (including phenoxy) is 1. The summed E-state index contributed by atoms with van der Waals surface area (Å²) < 4.78 is 7.19. The molecule has 0 radical (unpaired) electrons. The number of aromatic nitrogens is 3. The first-order valence-electron chi connectivity index (χ1n) is 7.11. The summed E-state index contributed by atoms with van der Waals surface area (Å²) in [6.45, 7) is 4.92. The van der Waals surface area contributed by atoms with Crippen LogP contribution in [0.15, 0.2) is 36.9 Å². The normalized spacial score (nSPS) is 14.8. The number of nitrogens with zero attached hydrogens (tertiary/aromatic N) is 4. The fourth-order valence-electron chi connectivity index (χ4n) is 2.49. The quantitative estimate of drug-likeness (QED) is 0.834. The molecule has 1 aliphatic rings. The van der Waals surface area contributed by atoms with Crippen LogP contribution in [-0.2, 0) is 6.54 Å². The molecular formula is C15H18N4O2. The highest BCUT2D eigenvalue weighted by atomic mass is 16.5. The molecule has 6 nitrogen and oxygen atoms in total. The van der Waals surface area contributed by atoms with Crippen molar-refractivity contribution in [1.82, 2.24) is 19.7 Å². The zero-order chi connectivity index (χ0) is 14.7. The number of amides is 1. The topological polar surface area (TPSA) is 60.2 Å². The van der Waals surface area contributed by atoms with E-state index in [9.17, 15) is 4.79 Å². The van der Waals surface area contributed by atoms with E-state index in [1.54, 1.807) is 6.33 Å². The largest absolute Gasteiger partial charge is 0.494 e. The van der Waals surface area contributed by atoms with Crippen LogP contribution in [0.4, 0.5) is 0 Å². The van der Waals surface area contributed by atoms with Gasteiger partial charge in [-0.2, -0.15) is 5.10 Å². The summed E-state index contributed by atoms with van der Waals surface area (Å²) in [7, 11) is 0. The zero-order valence-electron chi connectivity index (χ0n) is 12.0. The predicted octanol–water partition coefficient (Wildman–Crippen LogP) is 1.45. The van der Waals surface area contributed by atoms with E-state index in [4.69, 9.17) is 4.74 Å². The summed E-state index contributed by atoms with van der Waals surface area (Å²) in [5, 5.41) is 4.08. The van der Waals surface area contributed by atoms with E-state index >= 15 is 0 Å². The second kappa shape index (κ2) is 5.95. The summed E-state index contributed by atoms with van der Waals surface area (Å²) in [5.74, 6) is 1.33. The van der Waals surface area contributed by atoms with Gasteiger partial charge in [0.15, 0.2) is 0 Å². The molecule has 0 bridgehead atoms. The lowest BCUT2D eigenvalue weighted by Gasteiger charge is -2.39. The molecule has 0 aliphatic carbocycles. The standard InChI is InChI=1S/C15H18N4O2/c1-2-21-14-5-3-13(4-6-14)15(20)18-7-12(8-18)9-19-11-16-10-17-19/h3-6,10-12H,2,7-9H2,1H3. The molecule has 6 heteroatoms. The minimum Gasteiger partial charge on any atom is -0.494 e. The Balaban J connectivity index is 1.53. The van der Waals surface area contributed by atoms with E-state index in [0.29, 0.717) is 18.1 Å². The second-order valence-electron chi connectivity index (χ2n) is 5.15. The maximum atomic E-state index is 12.3. The highest BCUT2D eigenvalue weighted by Gasteiger charge is 2.31. The van der Waals surface area contributed by atoms with Gasteiger partial charge < -0.3 is 9.64 Å². The monoisotopic (exact) mass is 286 g/mol. The fourth-order valence-corrected chi connectivity index (χ4v) is 2.49. The molecule has 1 saturated heterocycles. The number of hydrogen-bond donors (Lipinski definition) is 0. The molecule has 2 heterocycles. The molecule has 0 N–H and O–H groups in total. The summed E-state index contributed by atoms with van der Waals surface area (Å²) in [6, 6.07) is 7.31. The van der Waals surface area contributed by atoms with Gasteiger partial charge in [0.05, 0.1) is 6.61 Å². The van der Waals surface area contributed by atoms with Crippen molar-refractivity contribution in [2.45, 2.75) is 13.5 Å². The van der Waals surface area contributed by atoms with Crippen molar-refractivity contribution in [2.75, 3.05) is 19.7 Å². The number of carbonyl (C=O) groups excluding carboxylic acids is 1. The van der Waals surface area contributed by atoms with E-state index in [0.717, 1.165) is 25.4 Å². The van der Waals surface area contributed by atoms with Crippen LogP contribution < -0.4 is 4.74 Å². The molecule has 1 fully saturated rings. The first kappa shape index (κ1) is 13.6. The summed E-state index contributed by atoms with van der Waals surface area (Å²) in [6.07, 6.45) is 3.23. The van der Waals surface area contributed by atoms with Crippen molar-refractivity contribution < 1.29 is 9.53 Å². The van der Waals surface area contributed by atoms with E-state index < -0.39 is 0 Å². The van der Waals surface area contributed by atoms with Gasteiger partial charge in [-0.1, -0.05) is 0 Å². The Morgan fingerprint density at radius 1 is 1.33 bits per heavy atom. The lowest BCUT2D eigenvalue weighted by molar-refractivity contribution is 0.0461. The molecule has 3 rings (SSSR count). The maximum Gasteiger partial charge on any atom is 0.253 e. The van der Waals surface area contributed by atoms with Crippen LogP contribution in [-0.4, -0.2) is 45.3 Å². The Morgan fingerprint density at radius 2 is 2.10 bits per heavy atom. The SMILES string of the molecule is CCOc1ccc(C(=O)N2CC(Cn3cncn3)C2)cc1. The smallest absolute Gasteiger partial charge is 0.253 e. The van der Waals surface area contributed by atoms with Crippen LogP contribution in [0.3, 0.4) is 0 Å². The van der Waals surface area contributed by atoms with Crippen molar-refractivity contribution in [1.29, 1.82) is 0 Å². The molecule has 110 valence electrons. The Bertz CT molecular complexity index is 589. The van der Waals surface area contributed by atoms with E-state index in [2.05, 4.69) is 10.1 Å². The molecule has 1 aromatic heterocycles. The number of carbonyl (C=O) groups is 1. The molecule has 0 spiro atoms. The zero-order valence-corrected chi connectivity index (χ0v) is 12.0. The molecule has 0 atom stereocenters. The van der Waals surface area contributed by atoms with Crippen LogP contribution in [0.1, 0.15) is 17.3 Å². The lowest BCUT2D eigenvalue weighted by Crippen LogP contribution is -2.51. The average molecular weight is 286 g/mol. The van der Waals surface area contributed by atoms with E-state index in [1.807, 2.05) is 40.8 Å². The van der Waals surface area contributed by atoms with Gasteiger partial charge in [-0.25, -0.2) is 4.98 Å². The summed E-state index contributed by atoms with van der Waals surface area (Å²) in [5.41, 5.74) is 0.706. The number of benzene rings is 1. The van der Waals surface area contributed by atoms with E-state index in [1.165, 1.54) is 6.33 Å². The molecular weight excluding hydrogens is 268 g/mol. The first-order valence-corrected chi connectivity index (χ1v) is 7.11. The Hall–Kier alpha value is -2.37. The summed E-state index contributed by atoms with van der Waals surface area (Å²) >= 11 is 0. The van der Waals surface area contributed by atoms with Gasteiger partial charge in [0.2, 0.25) is 0 Å². The molecule has 1 aliphatic heterocycles. The third kappa shape index (κ3) is 3.04. The van der Waals surface area contributed by atoms with Gasteiger partial charge in [0.25, 0.3) is 5.91 Å². The molecule has 21 heavy (non-hydrogen) atoms. The van der Waals surface area contributed by atoms with Crippen LogP contribution in [0.2, 0.25) is 0 Å². The molecule has 1 amide bonds. The van der Waals surface area contributed by atoms with Gasteiger partial charge in [-0.05, 0) is 31.2 Å². The molecule has 1 aromatic carbocycles. The van der Waals surface area contributed by atoms with Crippen molar-refractivity contribution >= 4 is 5.91 Å². The third-order valence-corrected chi connectivity index (χ3v) is 3.57. The maximum absolute atomic E-state index is 12.3. The van der Waals surface area contributed by atoms with Crippen molar-refractivity contribution in [3.63, 3.8) is 0 Å². The van der Waals surface area contributed by atoms with Crippen LogP contribution >= 0.6 is 0 Å². The predicted molar refractivity (Wildman–Crippen MR) is 77.0 cm³/mol. The highest BCUT2D eigenvalue weighted by molar-refractivity contribution is 5.94. The third-order valence-electron chi connectivity index (χ3n) is 3.57. The first-order chi connectivity index (χ1) is 10.3. The van der Waals surface area contributed by atoms with Gasteiger partial charge in [0, 0.05) is 31.1 Å². The van der Waals surface area contributed by atoms with Gasteiger partial charge in [0.1, 0.15) is 18.4 Å². The second-order valence-corrected chi connectivity index (χ2v) is 5.15. The minimum atomic E-state index is 0.0767. The lowest BCUT2D eigenvalue weighted by atomic mass is 9.99. The van der Waals surface area contributed by atoms with Gasteiger partial charge in [-0.3, -0.25) is 9.48 Å². The summed E-state index contributed by atoms with van der Waals surface area (Å²) in [4.78, 5) is 18.1. The molecule has 0 unspecified atom stereocenters. The number of rotatable bonds is 5. The highest BCUT2D eigenvalue weighted by Crippen LogP contribution is 2.21. The van der Waals surface area contributed by atoms with Crippen LogP contribution in [0.5, 0.6) is 5.75 Å². The van der Waals surface area contributed by atoms with Crippen LogP contribution in [0, 0.1) is 5.92 Å². The Kier molecular flexibility index (Phi) is 3.85. The number of hydrogen-bond acceptors (Lipinski definition) is 4. The van der Waals surface area contributed by atoms with Crippen molar-refractivity contribution in [3.8, 4) is 5.75 Å². The Morgan fingerprint density at radius 3 is 2.71 bits per heavy atom. The van der Waals surface area contributed by atoms with Crippen molar-refractivity contribution in [2.24, 2.45) is 5.92 Å². The molecule has 0 saturated carbocycles. The minimum absolute atomic E-state index is 0.0767. The van der Waals surface area contributed by atoms with Crippen LogP contribution in [0.25, 0.3) is 0 Å². The van der Waals surface area contributed by atoms with E-state index in [-0.39, 0.29) is 5.91 Å². The Labute approximate surface area is 123 Å². The van der Waals surface area contributed by atoms with Gasteiger partial charge >= 0.3 is 0 Å². The van der Waals surface area contributed by atoms with Crippen molar-refractivity contribution in [3.05, 3.63) is 42.5 Å². The average Bonchev–Trinajstić information content (AvgIpc) is 2.96. The number of likely N-dealkylation sites (tertiary alicyclic amines) is 1. The molecule has 2 aromatic rings. The fraction of sp³-hybridized carbons (Fsp3) is 0.400.